The molecule has 2 rings (SSSR count). The van der Waals surface area contributed by atoms with E-state index in [2.05, 4.69) is 15.6 Å². The van der Waals surface area contributed by atoms with Gasteiger partial charge in [-0.25, -0.2) is 9.38 Å². The molecule has 136 valence electrons. The Morgan fingerprint density at radius 2 is 1.96 bits per heavy atom. The van der Waals surface area contributed by atoms with Crippen LogP contribution in [0.25, 0.3) is 0 Å². The molecule has 0 saturated heterocycles. The van der Waals surface area contributed by atoms with Gasteiger partial charge in [-0.05, 0) is 43.9 Å². The van der Waals surface area contributed by atoms with Gasteiger partial charge in [0.1, 0.15) is 5.82 Å². The molecule has 24 heavy (non-hydrogen) atoms. The number of aryl methyl sites for hydroxylation is 1. The maximum atomic E-state index is 13.3. The van der Waals surface area contributed by atoms with Gasteiger partial charge in [0, 0.05) is 13.1 Å². The quantitative estimate of drug-likeness (QED) is 0.367. The van der Waals surface area contributed by atoms with Crippen LogP contribution in [0.4, 0.5) is 4.39 Å². The van der Waals surface area contributed by atoms with Crippen molar-refractivity contribution in [1.29, 1.82) is 0 Å². The second-order valence-corrected chi connectivity index (χ2v) is 6.42. The van der Waals surface area contributed by atoms with E-state index in [1.807, 2.05) is 13.0 Å². The van der Waals surface area contributed by atoms with Crippen LogP contribution in [0, 0.1) is 12.7 Å². The first-order valence-corrected chi connectivity index (χ1v) is 8.52. The first-order chi connectivity index (χ1) is 11.0. The average molecular weight is 449 g/mol. The fraction of sp³-hybridized carbons (Fsp3) is 0.611. The van der Waals surface area contributed by atoms with Gasteiger partial charge >= 0.3 is 0 Å². The Morgan fingerprint density at radius 3 is 2.58 bits per heavy atom. The van der Waals surface area contributed by atoms with Crippen molar-refractivity contribution in [3.63, 3.8) is 0 Å². The lowest BCUT2D eigenvalue weighted by atomic mass is 9.85. The van der Waals surface area contributed by atoms with Gasteiger partial charge in [-0.1, -0.05) is 31.4 Å². The molecule has 0 aromatic heterocycles. The zero-order chi connectivity index (χ0) is 16.7. The summed E-state index contributed by atoms with van der Waals surface area (Å²) in [5.41, 5.74) is 0.977. The summed E-state index contributed by atoms with van der Waals surface area (Å²) in [5.74, 6) is 0.496. The van der Waals surface area contributed by atoms with Crippen molar-refractivity contribution in [2.24, 2.45) is 4.99 Å². The van der Waals surface area contributed by atoms with Crippen LogP contribution in [-0.2, 0) is 6.54 Å². The predicted octanol–water partition coefficient (Wildman–Crippen LogP) is 3.50. The molecule has 1 saturated carbocycles. The van der Waals surface area contributed by atoms with Crippen molar-refractivity contribution in [2.75, 3.05) is 13.1 Å². The Morgan fingerprint density at radius 1 is 1.25 bits per heavy atom. The van der Waals surface area contributed by atoms with Crippen LogP contribution in [0.2, 0.25) is 0 Å². The molecule has 0 atom stereocenters. The lowest BCUT2D eigenvalue weighted by molar-refractivity contribution is 0.00859. The Labute approximate surface area is 161 Å². The summed E-state index contributed by atoms with van der Waals surface area (Å²) in [7, 11) is 0. The van der Waals surface area contributed by atoms with E-state index in [4.69, 9.17) is 0 Å². The molecule has 0 radical (unpaired) electrons. The third kappa shape index (κ3) is 6.55. The zero-order valence-electron chi connectivity index (χ0n) is 14.6. The number of hydrogen-bond donors (Lipinski definition) is 3. The maximum absolute atomic E-state index is 13.3. The molecule has 0 heterocycles. The molecule has 4 nitrogen and oxygen atoms in total. The highest BCUT2D eigenvalue weighted by atomic mass is 127. The van der Waals surface area contributed by atoms with E-state index in [9.17, 15) is 9.50 Å². The van der Waals surface area contributed by atoms with Crippen molar-refractivity contribution in [1.82, 2.24) is 10.6 Å². The summed E-state index contributed by atoms with van der Waals surface area (Å²) < 4.78 is 13.3. The normalized spacial score (nSPS) is 17.1. The maximum Gasteiger partial charge on any atom is 0.191 e. The van der Waals surface area contributed by atoms with E-state index >= 15 is 0 Å². The number of halogens is 2. The predicted molar refractivity (Wildman–Crippen MR) is 107 cm³/mol. The molecule has 0 amide bonds. The first-order valence-electron chi connectivity index (χ1n) is 8.52. The fourth-order valence-corrected chi connectivity index (χ4v) is 2.95. The lowest BCUT2D eigenvalue weighted by Crippen LogP contribution is -2.48. The van der Waals surface area contributed by atoms with Gasteiger partial charge in [0.25, 0.3) is 0 Å². The third-order valence-corrected chi connectivity index (χ3v) is 4.36. The molecule has 0 unspecified atom stereocenters. The van der Waals surface area contributed by atoms with E-state index in [1.165, 1.54) is 12.5 Å². The standard InChI is InChI=1S/C18H28FN3O.HI/c1-3-20-17(22-13-18(23)9-5-4-6-10-18)21-12-15-7-8-16(19)14(2)11-15;/h7-8,11,23H,3-6,9-10,12-13H2,1-2H3,(H2,20,21,22);1H. The molecule has 1 aromatic rings. The Hall–Kier alpha value is -0.890. The van der Waals surface area contributed by atoms with Crippen LogP contribution < -0.4 is 10.6 Å². The number of nitrogens with one attached hydrogen (secondary N) is 2. The lowest BCUT2D eigenvalue weighted by Gasteiger charge is -2.32. The molecule has 6 heteroatoms. The largest absolute Gasteiger partial charge is 0.388 e. The molecular weight excluding hydrogens is 420 g/mol. The van der Waals surface area contributed by atoms with E-state index in [1.54, 1.807) is 13.0 Å². The SMILES string of the molecule is CCNC(=NCc1ccc(F)c(C)c1)NCC1(O)CCCCC1.I. The van der Waals surface area contributed by atoms with Gasteiger partial charge in [-0.15, -0.1) is 24.0 Å². The molecule has 1 aliphatic carbocycles. The topological polar surface area (TPSA) is 56.7 Å². The van der Waals surface area contributed by atoms with E-state index in [0.29, 0.717) is 24.6 Å². The highest BCUT2D eigenvalue weighted by molar-refractivity contribution is 14.0. The molecule has 1 aliphatic rings. The van der Waals surface area contributed by atoms with Gasteiger partial charge in [-0.2, -0.15) is 0 Å². The van der Waals surface area contributed by atoms with Crippen LogP contribution in [0.3, 0.4) is 0 Å². The van der Waals surface area contributed by atoms with E-state index < -0.39 is 5.60 Å². The molecule has 1 fully saturated rings. The highest BCUT2D eigenvalue weighted by Gasteiger charge is 2.29. The van der Waals surface area contributed by atoms with Gasteiger partial charge in [-0.3, -0.25) is 0 Å². The number of aliphatic imine (C=N–C) groups is 1. The minimum Gasteiger partial charge on any atom is -0.388 e. The smallest absolute Gasteiger partial charge is 0.191 e. The molecule has 0 bridgehead atoms. The second kappa shape index (κ2) is 10.2. The van der Waals surface area contributed by atoms with E-state index in [-0.39, 0.29) is 29.8 Å². The minimum atomic E-state index is -0.624. The Balaban J connectivity index is 0.00000288. The Bertz CT molecular complexity index is 545. The summed E-state index contributed by atoms with van der Waals surface area (Å²) in [6, 6.07) is 5.05. The van der Waals surface area contributed by atoms with Crippen molar-refractivity contribution in [3.05, 3.63) is 35.1 Å². The summed E-state index contributed by atoms with van der Waals surface area (Å²) >= 11 is 0. The summed E-state index contributed by atoms with van der Waals surface area (Å²) in [6.07, 6.45) is 5.06. The zero-order valence-corrected chi connectivity index (χ0v) is 16.9. The van der Waals surface area contributed by atoms with Crippen LogP contribution in [0.5, 0.6) is 0 Å². The number of hydrogen-bond acceptors (Lipinski definition) is 2. The number of aliphatic hydroxyl groups is 1. The van der Waals surface area contributed by atoms with Gasteiger partial charge in [0.05, 0.1) is 12.1 Å². The number of guanidine groups is 1. The van der Waals surface area contributed by atoms with Crippen LogP contribution in [-0.4, -0.2) is 29.8 Å². The summed E-state index contributed by atoms with van der Waals surface area (Å²) in [5, 5.41) is 17.0. The minimum absolute atomic E-state index is 0. The monoisotopic (exact) mass is 449 g/mol. The van der Waals surface area contributed by atoms with Gasteiger partial charge in [0.15, 0.2) is 5.96 Å². The van der Waals surface area contributed by atoms with Crippen molar-refractivity contribution in [3.8, 4) is 0 Å². The van der Waals surface area contributed by atoms with Crippen LogP contribution >= 0.6 is 24.0 Å². The average Bonchev–Trinajstić information content (AvgIpc) is 2.54. The summed E-state index contributed by atoms with van der Waals surface area (Å²) in [6.45, 7) is 5.52. The molecule has 0 spiro atoms. The van der Waals surface area contributed by atoms with E-state index in [0.717, 1.165) is 37.8 Å². The van der Waals surface area contributed by atoms with Crippen molar-refractivity contribution in [2.45, 2.75) is 58.1 Å². The van der Waals surface area contributed by atoms with Crippen molar-refractivity contribution >= 4 is 29.9 Å². The first kappa shape index (κ1) is 21.2. The number of rotatable bonds is 5. The molecular formula is C18H29FIN3O. The number of benzene rings is 1. The van der Waals surface area contributed by atoms with Gasteiger partial charge in [0.2, 0.25) is 0 Å². The highest BCUT2D eigenvalue weighted by Crippen LogP contribution is 2.27. The second-order valence-electron chi connectivity index (χ2n) is 6.42. The summed E-state index contributed by atoms with van der Waals surface area (Å²) in [4.78, 5) is 4.53. The third-order valence-electron chi connectivity index (χ3n) is 4.36. The fourth-order valence-electron chi connectivity index (χ4n) is 2.95. The Kier molecular flexibility index (Phi) is 8.97. The molecule has 3 N–H and O–H groups in total. The molecule has 1 aromatic carbocycles. The van der Waals surface area contributed by atoms with Crippen LogP contribution in [0.15, 0.2) is 23.2 Å². The van der Waals surface area contributed by atoms with Crippen molar-refractivity contribution < 1.29 is 9.50 Å². The molecule has 0 aliphatic heterocycles. The van der Waals surface area contributed by atoms with Gasteiger partial charge < -0.3 is 15.7 Å². The number of nitrogens with zero attached hydrogens (tertiary/aromatic N) is 1. The van der Waals surface area contributed by atoms with Crippen LogP contribution in [0.1, 0.15) is 50.2 Å².